The molecule has 6 heteroatoms. The van der Waals surface area contributed by atoms with Crippen LogP contribution in [0.2, 0.25) is 0 Å². The van der Waals surface area contributed by atoms with Gasteiger partial charge in [0.2, 0.25) is 5.91 Å². The lowest BCUT2D eigenvalue weighted by Crippen LogP contribution is -2.46. The number of nitrogens with one attached hydrogen (secondary N) is 1. The molecule has 1 amide bonds. The van der Waals surface area contributed by atoms with E-state index in [2.05, 4.69) is 99.0 Å². The molecular weight excluding hydrogens is 815 g/mol. The van der Waals surface area contributed by atoms with Crippen molar-refractivity contribution >= 4 is 11.9 Å². The fraction of sp³-hybridized carbons (Fsp3) is 0.767. The molecule has 6 nitrogen and oxygen atoms in total. The first-order chi connectivity index (χ1) is 32.5. The quantitative estimate of drug-likeness (QED) is 0.0321. The largest absolute Gasteiger partial charge is 0.462 e. The standard InChI is InChI=1S/C60H107NO5/c1-4-7-10-13-16-19-22-25-28-29-30-31-32-35-38-41-44-47-50-53-60(65)66-56(51-48-45-42-39-36-33-26-23-20-17-14-11-8-5-2)54-59(64)61-57(55-62)58(63)52-49-46-43-40-37-34-27-24-21-18-15-12-9-6-3/h8,11,16-17,19-20,25-26,28,33,39,42,56-58,62-63H,4-7,9-10,12-15,18,21-24,27,29-32,34-38,40-41,43-55H2,1-3H3,(H,61,64)/b11-8+,19-16-,20-17+,28-25-,33-26+,42-39+. The second-order valence-corrected chi connectivity index (χ2v) is 19.0. The number of rotatable bonds is 50. The molecule has 382 valence electrons. The van der Waals surface area contributed by atoms with Crippen LogP contribution < -0.4 is 5.32 Å². The van der Waals surface area contributed by atoms with Gasteiger partial charge < -0.3 is 20.3 Å². The fourth-order valence-electron chi connectivity index (χ4n) is 8.28. The lowest BCUT2D eigenvalue weighted by Gasteiger charge is -2.24. The molecule has 0 saturated carbocycles. The van der Waals surface area contributed by atoms with Crippen molar-refractivity contribution in [2.24, 2.45) is 0 Å². The van der Waals surface area contributed by atoms with Gasteiger partial charge in [0.1, 0.15) is 6.10 Å². The Hall–Kier alpha value is -2.70. The van der Waals surface area contributed by atoms with E-state index >= 15 is 0 Å². The van der Waals surface area contributed by atoms with Crippen molar-refractivity contribution in [1.82, 2.24) is 5.32 Å². The summed E-state index contributed by atoms with van der Waals surface area (Å²) < 4.78 is 5.93. The van der Waals surface area contributed by atoms with Gasteiger partial charge in [0.25, 0.3) is 0 Å². The van der Waals surface area contributed by atoms with Crippen molar-refractivity contribution in [2.45, 2.75) is 289 Å². The predicted molar refractivity (Wildman–Crippen MR) is 287 cm³/mol. The average molecular weight is 923 g/mol. The number of hydrogen-bond acceptors (Lipinski definition) is 5. The summed E-state index contributed by atoms with van der Waals surface area (Å²) >= 11 is 0. The van der Waals surface area contributed by atoms with Crippen LogP contribution in [0.4, 0.5) is 0 Å². The molecule has 0 saturated heterocycles. The number of aliphatic hydroxyl groups is 2. The summed E-state index contributed by atoms with van der Waals surface area (Å²) in [6.07, 6.45) is 68.3. The molecule has 0 aliphatic rings. The summed E-state index contributed by atoms with van der Waals surface area (Å²) in [6, 6.07) is -0.722. The summed E-state index contributed by atoms with van der Waals surface area (Å²) in [5.41, 5.74) is 0. The average Bonchev–Trinajstić information content (AvgIpc) is 3.31. The first-order valence-electron chi connectivity index (χ1n) is 28.2. The van der Waals surface area contributed by atoms with Gasteiger partial charge in [-0.05, 0) is 89.9 Å². The van der Waals surface area contributed by atoms with Gasteiger partial charge in [-0.15, -0.1) is 0 Å². The zero-order valence-corrected chi connectivity index (χ0v) is 43.6. The number of allylic oxidation sites excluding steroid dienone is 12. The Morgan fingerprint density at radius 2 is 0.833 bits per heavy atom. The van der Waals surface area contributed by atoms with Gasteiger partial charge in [-0.25, -0.2) is 0 Å². The van der Waals surface area contributed by atoms with Crippen molar-refractivity contribution in [3.63, 3.8) is 0 Å². The van der Waals surface area contributed by atoms with Gasteiger partial charge in [0.15, 0.2) is 0 Å². The van der Waals surface area contributed by atoms with Gasteiger partial charge in [0.05, 0.1) is 25.2 Å². The molecule has 0 aromatic carbocycles. The maximum absolute atomic E-state index is 13.2. The zero-order chi connectivity index (χ0) is 48.1. The Balaban J connectivity index is 4.60. The minimum atomic E-state index is -0.805. The molecule has 0 aromatic rings. The van der Waals surface area contributed by atoms with E-state index in [0.29, 0.717) is 19.3 Å². The number of unbranched alkanes of at least 4 members (excludes halogenated alkanes) is 26. The lowest BCUT2D eigenvalue weighted by molar-refractivity contribution is -0.151. The van der Waals surface area contributed by atoms with Gasteiger partial charge in [-0.2, -0.15) is 0 Å². The van der Waals surface area contributed by atoms with Crippen molar-refractivity contribution in [1.29, 1.82) is 0 Å². The van der Waals surface area contributed by atoms with Gasteiger partial charge in [-0.1, -0.05) is 241 Å². The maximum Gasteiger partial charge on any atom is 0.306 e. The first kappa shape index (κ1) is 63.3. The third kappa shape index (κ3) is 47.8. The SMILES string of the molecule is CC/C=C/C/C=C/C/C=C/C/C=C/CCCC(CC(=O)NC(CO)C(O)CCCCCCCCCCCCCCCC)OC(=O)CCCCCCCCCCC/C=C\C/C=C\CCCCC. The van der Waals surface area contributed by atoms with Crippen LogP contribution in [0.15, 0.2) is 72.9 Å². The minimum absolute atomic E-state index is 0.0366. The van der Waals surface area contributed by atoms with E-state index in [0.717, 1.165) is 83.5 Å². The third-order valence-corrected chi connectivity index (χ3v) is 12.5. The van der Waals surface area contributed by atoms with Gasteiger partial charge in [-0.3, -0.25) is 9.59 Å². The molecule has 0 heterocycles. The van der Waals surface area contributed by atoms with E-state index in [1.807, 2.05) is 0 Å². The number of amides is 1. The molecule has 0 aliphatic carbocycles. The zero-order valence-electron chi connectivity index (χ0n) is 43.6. The summed E-state index contributed by atoms with van der Waals surface area (Å²) in [6.45, 7) is 6.34. The van der Waals surface area contributed by atoms with E-state index < -0.39 is 18.2 Å². The highest BCUT2D eigenvalue weighted by Gasteiger charge is 2.24. The van der Waals surface area contributed by atoms with Crippen LogP contribution in [-0.4, -0.2) is 46.9 Å². The summed E-state index contributed by atoms with van der Waals surface area (Å²) in [5, 5.41) is 23.8. The Labute approximate surface area is 409 Å². The van der Waals surface area contributed by atoms with Crippen LogP contribution in [0.5, 0.6) is 0 Å². The Bertz CT molecular complexity index is 1220. The highest BCUT2D eigenvalue weighted by atomic mass is 16.5. The molecule has 0 rings (SSSR count). The predicted octanol–water partition coefficient (Wildman–Crippen LogP) is 17.3. The van der Waals surface area contributed by atoms with Crippen LogP contribution in [-0.2, 0) is 14.3 Å². The molecule has 0 bridgehead atoms. The lowest BCUT2D eigenvalue weighted by atomic mass is 10.0. The Morgan fingerprint density at radius 3 is 1.30 bits per heavy atom. The molecule has 3 atom stereocenters. The molecule has 3 N–H and O–H groups in total. The Morgan fingerprint density at radius 1 is 0.455 bits per heavy atom. The maximum atomic E-state index is 13.2. The van der Waals surface area contributed by atoms with Crippen molar-refractivity contribution in [3.05, 3.63) is 72.9 Å². The molecule has 66 heavy (non-hydrogen) atoms. The summed E-state index contributed by atoms with van der Waals surface area (Å²) in [4.78, 5) is 26.2. The molecule has 0 aromatic heterocycles. The third-order valence-electron chi connectivity index (χ3n) is 12.5. The van der Waals surface area contributed by atoms with Crippen LogP contribution >= 0.6 is 0 Å². The molecule has 0 fully saturated rings. The van der Waals surface area contributed by atoms with Gasteiger partial charge >= 0.3 is 5.97 Å². The topological polar surface area (TPSA) is 95.9 Å². The van der Waals surface area contributed by atoms with Crippen LogP contribution in [0, 0.1) is 0 Å². The number of carbonyl (C=O) groups is 2. The molecular formula is C60H107NO5. The van der Waals surface area contributed by atoms with Crippen LogP contribution in [0.25, 0.3) is 0 Å². The first-order valence-corrected chi connectivity index (χ1v) is 28.2. The number of hydrogen-bond donors (Lipinski definition) is 3. The van der Waals surface area contributed by atoms with E-state index in [1.165, 1.54) is 141 Å². The van der Waals surface area contributed by atoms with E-state index in [-0.39, 0.29) is 24.9 Å². The second kappa shape index (κ2) is 53.3. The van der Waals surface area contributed by atoms with E-state index in [9.17, 15) is 19.8 Å². The highest BCUT2D eigenvalue weighted by Crippen LogP contribution is 2.17. The smallest absolute Gasteiger partial charge is 0.306 e. The summed E-state index contributed by atoms with van der Waals surface area (Å²) in [7, 11) is 0. The van der Waals surface area contributed by atoms with Crippen LogP contribution in [0.3, 0.4) is 0 Å². The Kier molecular flexibility index (Phi) is 51.1. The highest BCUT2D eigenvalue weighted by molar-refractivity contribution is 5.77. The number of carbonyl (C=O) groups excluding carboxylic acids is 2. The van der Waals surface area contributed by atoms with Crippen molar-refractivity contribution < 1.29 is 24.5 Å². The fourth-order valence-corrected chi connectivity index (χ4v) is 8.28. The number of aliphatic hydroxyl groups excluding tert-OH is 2. The molecule has 0 spiro atoms. The van der Waals surface area contributed by atoms with Crippen LogP contribution in [0.1, 0.15) is 271 Å². The molecule has 0 aliphatic heterocycles. The van der Waals surface area contributed by atoms with E-state index in [1.54, 1.807) is 0 Å². The van der Waals surface area contributed by atoms with E-state index in [4.69, 9.17) is 4.74 Å². The minimum Gasteiger partial charge on any atom is -0.462 e. The molecule has 0 radical (unpaired) electrons. The van der Waals surface area contributed by atoms with Gasteiger partial charge in [0, 0.05) is 6.42 Å². The molecule has 3 unspecified atom stereocenters. The normalized spacial score (nSPS) is 13.7. The number of esters is 1. The summed E-state index contributed by atoms with van der Waals surface area (Å²) in [5.74, 6) is -0.530. The monoisotopic (exact) mass is 922 g/mol. The van der Waals surface area contributed by atoms with Crippen molar-refractivity contribution in [2.75, 3.05) is 6.61 Å². The second-order valence-electron chi connectivity index (χ2n) is 19.0. The number of ether oxygens (including phenoxy) is 1. The van der Waals surface area contributed by atoms with Crippen molar-refractivity contribution in [3.8, 4) is 0 Å².